The predicted octanol–water partition coefficient (Wildman–Crippen LogP) is 2.15. The van der Waals surface area contributed by atoms with E-state index in [1.807, 2.05) is 37.9 Å². The van der Waals surface area contributed by atoms with Gasteiger partial charge in [-0.15, -0.1) is 0 Å². The van der Waals surface area contributed by atoms with Crippen molar-refractivity contribution in [2.75, 3.05) is 6.54 Å². The van der Waals surface area contributed by atoms with Crippen LogP contribution in [0.4, 0.5) is 0 Å². The minimum absolute atomic E-state index is 0.0442. The van der Waals surface area contributed by atoms with Gasteiger partial charge in [0.1, 0.15) is 11.2 Å². The Labute approximate surface area is 130 Å². The molecule has 1 atom stereocenters. The molecule has 22 heavy (non-hydrogen) atoms. The zero-order valence-electron chi connectivity index (χ0n) is 13.3. The zero-order chi connectivity index (χ0) is 15.7. The van der Waals surface area contributed by atoms with Gasteiger partial charge in [0.2, 0.25) is 0 Å². The van der Waals surface area contributed by atoms with Crippen molar-refractivity contribution in [3.63, 3.8) is 0 Å². The first-order valence-electron chi connectivity index (χ1n) is 7.70. The highest BCUT2D eigenvalue weighted by Gasteiger charge is 2.44. The van der Waals surface area contributed by atoms with Crippen molar-refractivity contribution in [3.8, 4) is 0 Å². The van der Waals surface area contributed by atoms with Crippen LogP contribution in [0.2, 0.25) is 0 Å². The van der Waals surface area contributed by atoms with Crippen molar-refractivity contribution in [1.29, 1.82) is 0 Å². The van der Waals surface area contributed by atoms with E-state index in [2.05, 4.69) is 15.1 Å². The second kappa shape index (κ2) is 5.51. The van der Waals surface area contributed by atoms with Gasteiger partial charge in [-0.1, -0.05) is 0 Å². The van der Waals surface area contributed by atoms with Crippen LogP contribution in [0.5, 0.6) is 0 Å². The van der Waals surface area contributed by atoms with Gasteiger partial charge in [-0.2, -0.15) is 5.10 Å². The number of rotatable bonds is 3. The van der Waals surface area contributed by atoms with E-state index >= 15 is 0 Å². The van der Waals surface area contributed by atoms with Gasteiger partial charge in [0.05, 0.1) is 0 Å². The number of likely N-dealkylation sites (tertiary alicyclic amines) is 1. The van der Waals surface area contributed by atoms with Crippen LogP contribution in [0.15, 0.2) is 24.5 Å². The van der Waals surface area contributed by atoms with Gasteiger partial charge < -0.3 is 4.90 Å². The predicted molar refractivity (Wildman–Crippen MR) is 82.3 cm³/mol. The van der Waals surface area contributed by atoms with Gasteiger partial charge in [-0.25, -0.2) is 9.97 Å². The molecule has 0 saturated carbocycles. The lowest BCUT2D eigenvalue weighted by Crippen LogP contribution is -2.44. The molecule has 6 nitrogen and oxygen atoms in total. The first-order valence-corrected chi connectivity index (χ1v) is 7.70. The molecule has 0 aliphatic carbocycles. The smallest absolute Gasteiger partial charge is 0.275 e. The van der Waals surface area contributed by atoms with E-state index in [1.165, 1.54) is 0 Å². The van der Waals surface area contributed by atoms with Crippen LogP contribution in [0.3, 0.4) is 0 Å². The third kappa shape index (κ3) is 2.38. The number of hydrogen-bond donors (Lipinski definition) is 0. The van der Waals surface area contributed by atoms with E-state index in [0.29, 0.717) is 18.1 Å². The topological polar surface area (TPSA) is 63.9 Å². The van der Waals surface area contributed by atoms with E-state index in [1.54, 1.807) is 16.9 Å². The van der Waals surface area contributed by atoms with Crippen LogP contribution >= 0.6 is 0 Å². The molecule has 0 spiro atoms. The number of carbonyl (C=O) groups excluding carboxylic acids is 1. The van der Waals surface area contributed by atoms with Crippen molar-refractivity contribution in [3.05, 3.63) is 41.7 Å². The van der Waals surface area contributed by atoms with Crippen LogP contribution in [0.1, 0.15) is 48.7 Å². The summed E-state index contributed by atoms with van der Waals surface area (Å²) in [6.45, 7) is 7.46. The van der Waals surface area contributed by atoms with E-state index in [4.69, 9.17) is 0 Å². The van der Waals surface area contributed by atoms with Crippen molar-refractivity contribution < 1.29 is 4.79 Å². The lowest BCUT2D eigenvalue weighted by Gasteiger charge is -2.33. The average Bonchev–Trinajstić information content (AvgIpc) is 3.14. The van der Waals surface area contributed by atoms with Gasteiger partial charge in [-0.3, -0.25) is 9.48 Å². The zero-order valence-corrected chi connectivity index (χ0v) is 13.3. The minimum Gasteiger partial charge on any atom is -0.325 e. The first kappa shape index (κ1) is 14.7. The summed E-state index contributed by atoms with van der Waals surface area (Å²) in [5, 5.41) is 4.33. The minimum atomic E-state index is -0.459. The van der Waals surface area contributed by atoms with Crippen LogP contribution in [-0.4, -0.2) is 37.1 Å². The highest BCUT2D eigenvalue weighted by molar-refractivity contribution is 5.93. The molecular weight excluding hydrogens is 278 g/mol. The molecule has 0 unspecified atom stereocenters. The number of hydrogen-bond acceptors (Lipinski definition) is 4. The normalized spacial score (nSPS) is 21.3. The fraction of sp³-hybridized carbons (Fsp3) is 0.500. The van der Waals surface area contributed by atoms with Gasteiger partial charge in [0.15, 0.2) is 5.82 Å². The van der Waals surface area contributed by atoms with Crippen LogP contribution in [0, 0.1) is 6.92 Å². The number of aryl methyl sites for hydroxylation is 2. The van der Waals surface area contributed by atoms with Gasteiger partial charge in [-0.05, 0) is 45.7 Å². The third-order valence-corrected chi connectivity index (χ3v) is 4.35. The molecule has 6 heteroatoms. The Morgan fingerprint density at radius 3 is 2.91 bits per heavy atom. The van der Waals surface area contributed by atoms with Crippen molar-refractivity contribution >= 4 is 5.91 Å². The molecule has 0 aromatic carbocycles. The molecule has 2 aromatic heterocycles. The number of amides is 1. The van der Waals surface area contributed by atoms with E-state index in [-0.39, 0.29) is 5.91 Å². The molecule has 1 aliphatic heterocycles. The van der Waals surface area contributed by atoms with Crippen LogP contribution in [-0.2, 0) is 12.1 Å². The Morgan fingerprint density at radius 1 is 1.41 bits per heavy atom. The lowest BCUT2D eigenvalue weighted by atomic mass is 9.97. The molecule has 0 radical (unpaired) electrons. The Kier molecular flexibility index (Phi) is 3.68. The standard InChI is InChI=1S/C16H21N5O/c1-4-20-11-7-13(19-20)14(22)21-10-5-8-16(21,3)15-17-9-6-12(2)18-15/h6-7,9,11H,4-5,8,10H2,1-3H3/t16-/m0/s1. The van der Waals surface area contributed by atoms with Crippen LogP contribution < -0.4 is 0 Å². The second-order valence-electron chi connectivity index (χ2n) is 5.91. The van der Waals surface area contributed by atoms with E-state index in [9.17, 15) is 4.79 Å². The monoisotopic (exact) mass is 299 g/mol. The molecule has 0 N–H and O–H groups in total. The fourth-order valence-electron chi connectivity index (χ4n) is 3.02. The van der Waals surface area contributed by atoms with E-state index < -0.39 is 5.54 Å². The van der Waals surface area contributed by atoms with E-state index in [0.717, 1.165) is 25.1 Å². The maximum Gasteiger partial charge on any atom is 0.275 e. The Bertz CT molecular complexity index is 695. The molecule has 1 aliphatic rings. The summed E-state index contributed by atoms with van der Waals surface area (Å²) in [5.74, 6) is 0.672. The molecule has 3 rings (SSSR count). The Morgan fingerprint density at radius 2 is 2.23 bits per heavy atom. The van der Waals surface area contributed by atoms with Gasteiger partial charge in [0, 0.05) is 31.2 Å². The number of aromatic nitrogens is 4. The van der Waals surface area contributed by atoms with Crippen LogP contribution in [0.25, 0.3) is 0 Å². The molecular formula is C16H21N5O. The summed E-state index contributed by atoms with van der Waals surface area (Å²) >= 11 is 0. The SMILES string of the molecule is CCn1ccc(C(=O)N2CCC[C@@]2(C)c2nccc(C)n2)n1. The molecule has 1 fully saturated rings. The Balaban J connectivity index is 1.93. The maximum atomic E-state index is 12.8. The number of nitrogens with zero attached hydrogens (tertiary/aromatic N) is 5. The largest absolute Gasteiger partial charge is 0.325 e. The average molecular weight is 299 g/mol. The molecule has 116 valence electrons. The summed E-state index contributed by atoms with van der Waals surface area (Å²) in [7, 11) is 0. The van der Waals surface area contributed by atoms with Gasteiger partial charge in [0.25, 0.3) is 5.91 Å². The highest BCUT2D eigenvalue weighted by Crippen LogP contribution is 2.37. The van der Waals surface area contributed by atoms with Crippen molar-refractivity contribution in [2.24, 2.45) is 0 Å². The summed E-state index contributed by atoms with van der Waals surface area (Å²) in [4.78, 5) is 23.7. The molecule has 0 bridgehead atoms. The summed E-state index contributed by atoms with van der Waals surface area (Å²) in [5.41, 5.74) is 0.947. The number of carbonyl (C=O) groups is 1. The molecule has 2 aromatic rings. The summed E-state index contributed by atoms with van der Waals surface area (Å²) in [6, 6.07) is 3.65. The van der Waals surface area contributed by atoms with Gasteiger partial charge >= 0.3 is 0 Å². The third-order valence-electron chi connectivity index (χ3n) is 4.35. The van der Waals surface area contributed by atoms with Crippen molar-refractivity contribution in [1.82, 2.24) is 24.6 Å². The molecule has 1 amide bonds. The second-order valence-corrected chi connectivity index (χ2v) is 5.91. The van der Waals surface area contributed by atoms with Crippen molar-refractivity contribution in [2.45, 2.75) is 45.7 Å². The summed E-state index contributed by atoms with van der Waals surface area (Å²) in [6.07, 6.45) is 5.42. The quantitative estimate of drug-likeness (QED) is 0.871. The highest BCUT2D eigenvalue weighted by atomic mass is 16.2. The summed E-state index contributed by atoms with van der Waals surface area (Å²) < 4.78 is 1.77. The maximum absolute atomic E-state index is 12.8. The Hall–Kier alpha value is -2.24. The lowest BCUT2D eigenvalue weighted by molar-refractivity contribution is 0.0596. The fourth-order valence-corrected chi connectivity index (χ4v) is 3.02. The molecule has 3 heterocycles. The first-order chi connectivity index (χ1) is 10.5. The molecule has 1 saturated heterocycles.